The van der Waals surface area contributed by atoms with Crippen molar-refractivity contribution in [3.05, 3.63) is 145 Å². The van der Waals surface area contributed by atoms with Crippen molar-refractivity contribution in [1.29, 1.82) is 0 Å². The van der Waals surface area contributed by atoms with E-state index < -0.39 is 0 Å². The van der Waals surface area contributed by atoms with Crippen LogP contribution >= 0.6 is 0 Å². The molecule has 0 aliphatic carbocycles. The van der Waals surface area contributed by atoms with E-state index in [1.54, 1.807) is 18.6 Å². The third kappa shape index (κ3) is 5.03. The first-order valence-electron chi connectivity index (χ1n) is 13.4. The van der Waals surface area contributed by atoms with E-state index in [2.05, 4.69) is 51.8 Å². The Labute approximate surface area is 256 Å². The van der Waals surface area contributed by atoms with Crippen LogP contribution in [0.1, 0.15) is 5.56 Å². The van der Waals surface area contributed by atoms with Gasteiger partial charge >= 0.3 is 0 Å². The maximum atomic E-state index is 6.31. The van der Waals surface area contributed by atoms with Crippen LogP contribution in [0.25, 0.3) is 61.3 Å². The van der Waals surface area contributed by atoms with Gasteiger partial charge < -0.3 is 14.0 Å². The minimum Gasteiger partial charge on any atom is -0.501 e. The zero-order valence-electron chi connectivity index (χ0n) is 22.7. The normalized spacial score (nSPS) is 10.8. The number of hydrogen-bond acceptors (Lipinski definition) is 4. The van der Waals surface area contributed by atoms with Gasteiger partial charge in [0.2, 0.25) is 0 Å². The fourth-order valence-electron chi connectivity index (χ4n) is 5.11. The molecule has 205 valence electrons. The molecule has 8 aromatic rings. The Morgan fingerprint density at radius 2 is 1.60 bits per heavy atom. The van der Waals surface area contributed by atoms with Crippen molar-refractivity contribution in [1.82, 2.24) is 19.5 Å². The van der Waals surface area contributed by atoms with E-state index in [1.165, 1.54) is 0 Å². The van der Waals surface area contributed by atoms with E-state index in [0.717, 1.165) is 66.9 Å². The zero-order valence-corrected chi connectivity index (χ0v) is 25.0. The predicted molar refractivity (Wildman–Crippen MR) is 164 cm³/mol. The van der Waals surface area contributed by atoms with E-state index in [-0.39, 0.29) is 20.1 Å². The van der Waals surface area contributed by atoms with Gasteiger partial charge in [-0.15, -0.1) is 53.6 Å². The molecule has 0 aliphatic heterocycles. The van der Waals surface area contributed by atoms with E-state index in [0.29, 0.717) is 0 Å². The summed E-state index contributed by atoms with van der Waals surface area (Å²) in [5, 5.41) is 2.22. The fourth-order valence-corrected chi connectivity index (χ4v) is 5.11. The molecule has 8 rings (SSSR count). The van der Waals surface area contributed by atoms with Gasteiger partial charge in [-0.25, -0.2) is 0 Å². The summed E-state index contributed by atoms with van der Waals surface area (Å²) in [5.74, 6) is 0.795. The molecule has 0 amide bonds. The van der Waals surface area contributed by atoms with Crippen molar-refractivity contribution >= 4 is 33.0 Å². The van der Waals surface area contributed by atoms with Crippen LogP contribution in [0.2, 0.25) is 0 Å². The summed E-state index contributed by atoms with van der Waals surface area (Å²) < 4.78 is 8.45. The SMILES string of the molecule is Cc1c[c-]c(-c2nc3cnccc3n2-c2ccccc2)c2oc3ccccc3c12.[Ir].[c-]1ccccc1-c1ccccn1. The number of fused-ring (bicyclic) bond motifs is 4. The summed E-state index contributed by atoms with van der Waals surface area (Å²) in [6.07, 6.45) is 5.38. The molecule has 0 atom stereocenters. The number of aryl methyl sites for hydroxylation is 1. The Morgan fingerprint density at radius 1 is 0.786 bits per heavy atom. The Morgan fingerprint density at radius 3 is 2.40 bits per heavy atom. The van der Waals surface area contributed by atoms with Gasteiger partial charge in [0.05, 0.1) is 28.6 Å². The van der Waals surface area contributed by atoms with Gasteiger partial charge in [0, 0.05) is 43.6 Å². The van der Waals surface area contributed by atoms with Gasteiger partial charge in [0.15, 0.2) is 0 Å². The van der Waals surface area contributed by atoms with Crippen LogP contribution in [0.3, 0.4) is 0 Å². The third-order valence-electron chi connectivity index (χ3n) is 6.99. The summed E-state index contributed by atoms with van der Waals surface area (Å²) in [5.41, 5.74) is 8.55. The van der Waals surface area contributed by atoms with Gasteiger partial charge in [-0.3, -0.25) is 9.97 Å². The predicted octanol–water partition coefficient (Wildman–Crippen LogP) is 8.64. The fraction of sp³-hybridized carbons (Fsp3) is 0.0278. The number of para-hydroxylation sites is 2. The van der Waals surface area contributed by atoms with E-state index in [4.69, 9.17) is 9.40 Å². The number of furan rings is 1. The summed E-state index contributed by atoms with van der Waals surface area (Å²) in [7, 11) is 0. The molecule has 5 nitrogen and oxygen atoms in total. The standard InChI is InChI=1S/C25H16N3O.C11H8N.Ir/c1-16-11-12-19(24-23(16)18-9-5-6-10-22(18)29-24)25-27-20-15-26-14-13-21(20)28(25)17-7-3-2-4-8-17;1-2-6-10(7-3-1)11-8-4-5-9-12-11;/h2-11,13-15H,1H3;1-6,8-9H;/q2*-1;. The minimum atomic E-state index is 0. The topological polar surface area (TPSA) is 56.7 Å². The third-order valence-corrected chi connectivity index (χ3v) is 6.99. The summed E-state index contributed by atoms with van der Waals surface area (Å²) in [4.78, 5) is 13.4. The molecule has 4 aromatic carbocycles. The molecular weight excluding hydrogens is 697 g/mol. The van der Waals surface area contributed by atoms with Gasteiger partial charge in [-0.2, -0.15) is 0 Å². The second-order valence-electron chi connectivity index (χ2n) is 9.61. The van der Waals surface area contributed by atoms with Crippen LogP contribution in [0, 0.1) is 19.1 Å². The van der Waals surface area contributed by atoms with Gasteiger partial charge in [0.25, 0.3) is 0 Å². The van der Waals surface area contributed by atoms with Crippen molar-refractivity contribution in [2.45, 2.75) is 6.92 Å². The Hall–Kier alpha value is -4.90. The van der Waals surface area contributed by atoms with Crippen LogP contribution in [-0.2, 0) is 20.1 Å². The van der Waals surface area contributed by atoms with E-state index in [1.807, 2.05) is 91.0 Å². The van der Waals surface area contributed by atoms with Crippen molar-refractivity contribution < 1.29 is 24.5 Å². The van der Waals surface area contributed by atoms with Crippen molar-refractivity contribution in [2.75, 3.05) is 0 Å². The number of benzene rings is 4. The average Bonchev–Trinajstić information content (AvgIpc) is 3.63. The number of pyridine rings is 2. The van der Waals surface area contributed by atoms with Crippen molar-refractivity contribution in [2.24, 2.45) is 0 Å². The number of aromatic nitrogens is 4. The summed E-state index contributed by atoms with van der Waals surface area (Å²) in [6, 6.07) is 42.6. The molecule has 0 bridgehead atoms. The van der Waals surface area contributed by atoms with Gasteiger partial charge in [-0.1, -0.05) is 66.4 Å². The summed E-state index contributed by atoms with van der Waals surface area (Å²) >= 11 is 0. The molecule has 0 saturated carbocycles. The van der Waals surface area contributed by atoms with Crippen LogP contribution in [0.4, 0.5) is 0 Å². The zero-order chi connectivity index (χ0) is 27.6. The first-order chi connectivity index (χ1) is 20.3. The molecule has 0 saturated heterocycles. The van der Waals surface area contributed by atoms with Crippen LogP contribution < -0.4 is 0 Å². The smallest absolute Gasteiger partial charge is 0.120 e. The molecule has 0 aliphatic rings. The first kappa shape index (κ1) is 27.3. The quantitative estimate of drug-likeness (QED) is 0.172. The van der Waals surface area contributed by atoms with E-state index in [9.17, 15) is 0 Å². The van der Waals surface area contributed by atoms with Crippen LogP contribution in [0.5, 0.6) is 0 Å². The number of imidazole rings is 1. The number of hydrogen-bond donors (Lipinski definition) is 0. The van der Waals surface area contributed by atoms with Crippen LogP contribution in [0.15, 0.2) is 132 Å². The Bertz CT molecular complexity index is 2070. The molecule has 4 heterocycles. The molecule has 4 aromatic heterocycles. The monoisotopic (exact) mass is 721 g/mol. The van der Waals surface area contributed by atoms with Crippen molar-refractivity contribution in [3.8, 4) is 28.3 Å². The van der Waals surface area contributed by atoms with Gasteiger partial charge in [0.1, 0.15) is 5.58 Å². The molecule has 1 radical (unpaired) electrons. The van der Waals surface area contributed by atoms with Crippen molar-refractivity contribution in [3.63, 3.8) is 0 Å². The summed E-state index contributed by atoms with van der Waals surface area (Å²) in [6.45, 7) is 2.09. The maximum Gasteiger partial charge on any atom is 0.120 e. The van der Waals surface area contributed by atoms with Gasteiger partial charge in [-0.05, 0) is 36.0 Å². The van der Waals surface area contributed by atoms with E-state index >= 15 is 0 Å². The van der Waals surface area contributed by atoms with Crippen LogP contribution in [-0.4, -0.2) is 19.5 Å². The first-order valence-corrected chi connectivity index (χ1v) is 13.4. The molecule has 0 N–H and O–H groups in total. The number of nitrogens with zero attached hydrogens (tertiary/aromatic N) is 4. The number of rotatable bonds is 3. The largest absolute Gasteiger partial charge is 0.501 e. The molecular formula is C36H24IrN4O-2. The molecule has 6 heteroatoms. The molecule has 42 heavy (non-hydrogen) atoms. The molecule has 0 spiro atoms. The Balaban J connectivity index is 0.000000205. The maximum absolute atomic E-state index is 6.31. The Kier molecular flexibility index (Phi) is 7.74. The average molecular weight is 721 g/mol. The molecule has 0 unspecified atom stereocenters. The minimum absolute atomic E-state index is 0. The molecule has 0 fully saturated rings. The second kappa shape index (κ2) is 11.9. The second-order valence-corrected chi connectivity index (χ2v) is 9.61.